The van der Waals surface area contributed by atoms with Crippen molar-refractivity contribution in [3.63, 3.8) is 0 Å². The molecule has 5 rings (SSSR count). The van der Waals surface area contributed by atoms with E-state index in [1.165, 1.54) is 35.7 Å². The second-order valence-corrected chi connectivity index (χ2v) is 13.0. The maximum absolute atomic E-state index is 13.6. The summed E-state index contributed by atoms with van der Waals surface area (Å²) in [7, 11) is 0. The molecule has 3 aliphatic heterocycles. The Morgan fingerprint density at radius 2 is 1.83 bits per heavy atom. The minimum atomic E-state index is -1.21. The molecule has 3 aliphatic rings. The van der Waals surface area contributed by atoms with Crippen molar-refractivity contribution in [3.8, 4) is 0 Å². The molecule has 222 valence electrons. The van der Waals surface area contributed by atoms with E-state index < -0.39 is 42.0 Å². The monoisotopic (exact) mass is 633 g/mol. The SMILES string of the molecule is C[C@@H](O)[C@H]1C(=O)N2C(C(=O)O)=C(S[C@H]3C[C@@H](C(=O)Nc4cccc(C(=O)O)c4)N(Cc4ccc(Cl)c(Cl)c4)C3)[C@H](C)[C@H]12. The summed E-state index contributed by atoms with van der Waals surface area (Å²) < 4.78 is 0. The number of β-lactam (4-membered cyclic amide) rings is 1. The van der Waals surface area contributed by atoms with Gasteiger partial charge in [0.15, 0.2) is 0 Å². The number of rotatable bonds is 9. The summed E-state index contributed by atoms with van der Waals surface area (Å²) in [4.78, 5) is 53.8. The summed E-state index contributed by atoms with van der Waals surface area (Å²) in [6, 6.07) is 10.1. The van der Waals surface area contributed by atoms with Gasteiger partial charge >= 0.3 is 11.9 Å². The highest BCUT2D eigenvalue weighted by atomic mass is 35.5. The van der Waals surface area contributed by atoms with Gasteiger partial charge < -0.3 is 25.5 Å². The number of carboxylic acid groups (broad SMARTS) is 2. The fourth-order valence-electron chi connectivity index (χ4n) is 6.08. The molecular formula is C29H29Cl2N3O7S. The lowest BCUT2D eigenvalue weighted by molar-refractivity contribution is -0.163. The number of amides is 2. The van der Waals surface area contributed by atoms with E-state index in [0.717, 1.165) is 5.56 Å². The van der Waals surface area contributed by atoms with Gasteiger partial charge in [-0.25, -0.2) is 9.59 Å². The largest absolute Gasteiger partial charge is 0.478 e. The Morgan fingerprint density at radius 3 is 2.48 bits per heavy atom. The maximum atomic E-state index is 13.6. The smallest absolute Gasteiger partial charge is 0.353 e. The van der Waals surface area contributed by atoms with Crippen molar-refractivity contribution in [2.45, 2.75) is 50.3 Å². The van der Waals surface area contributed by atoms with Gasteiger partial charge in [0.1, 0.15) is 5.70 Å². The molecule has 13 heteroatoms. The van der Waals surface area contributed by atoms with E-state index in [2.05, 4.69) is 5.32 Å². The summed E-state index contributed by atoms with van der Waals surface area (Å²) in [5.41, 5.74) is 1.15. The fraction of sp³-hybridized carbons (Fsp3) is 0.379. The standard InChI is InChI=1S/C29H29Cl2N3O7S/c1-13-23-22(14(2)35)27(37)34(23)24(29(40)41)25(13)42-18-10-21(26(36)32-17-5-3-4-16(9-17)28(38)39)33(12-18)11-15-6-7-19(30)20(31)8-15/h3-9,13-14,18,21-23,35H,10-12H2,1-2H3,(H,32,36)(H,38,39)(H,40,41)/t13-,14-,18+,21+,22-,23-/m1/s1. The van der Waals surface area contributed by atoms with E-state index in [-0.39, 0.29) is 28.3 Å². The van der Waals surface area contributed by atoms with Gasteiger partial charge in [-0.2, -0.15) is 0 Å². The zero-order valence-corrected chi connectivity index (χ0v) is 25.0. The topological polar surface area (TPSA) is 147 Å². The van der Waals surface area contributed by atoms with Gasteiger partial charge in [-0.3, -0.25) is 14.5 Å². The average molecular weight is 635 g/mol. The van der Waals surface area contributed by atoms with E-state index >= 15 is 0 Å². The highest BCUT2D eigenvalue weighted by molar-refractivity contribution is 8.03. The number of aliphatic carboxylic acids is 1. The molecule has 2 aromatic rings. The van der Waals surface area contributed by atoms with Crippen molar-refractivity contribution >= 4 is 64.4 Å². The molecule has 42 heavy (non-hydrogen) atoms. The average Bonchev–Trinajstić information content (AvgIpc) is 3.42. The minimum absolute atomic E-state index is 0.0401. The first-order valence-electron chi connectivity index (χ1n) is 13.3. The number of likely N-dealkylation sites (tertiary alicyclic amines) is 1. The van der Waals surface area contributed by atoms with Crippen LogP contribution in [0.25, 0.3) is 0 Å². The number of thioether (sulfide) groups is 1. The number of anilines is 1. The molecule has 3 heterocycles. The molecule has 4 N–H and O–H groups in total. The summed E-state index contributed by atoms with van der Waals surface area (Å²) in [5.74, 6) is -4.01. The van der Waals surface area contributed by atoms with Crippen LogP contribution in [0.4, 0.5) is 5.69 Å². The number of fused-ring (bicyclic) bond motifs is 1. The summed E-state index contributed by atoms with van der Waals surface area (Å²) >= 11 is 13.7. The molecule has 0 bridgehead atoms. The Balaban J connectivity index is 1.40. The molecule has 0 saturated carbocycles. The second-order valence-electron chi connectivity index (χ2n) is 10.8. The van der Waals surface area contributed by atoms with Crippen LogP contribution in [0, 0.1) is 11.8 Å². The summed E-state index contributed by atoms with van der Waals surface area (Å²) in [5, 5.41) is 32.9. The molecule has 10 nitrogen and oxygen atoms in total. The van der Waals surface area contributed by atoms with Crippen LogP contribution in [0.5, 0.6) is 0 Å². The molecule has 2 aromatic carbocycles. The fourth-order valence-corrected chi connectivity index (χ4v) is 7.96. The maximum Gasteiger partial charge on any atom is 0.353 e. The van der Waals surface area contributed by atoms with Crippen molar-refractivity contribution < 1.29 is 34.5 Å². The van der Waals surface area contributed by atoms with Gasteiger partial charge in [0.2, 0.25) is 11.8 Å². The van der Waals surface area contributed by atoms with E-state index in [1.807, 2.05) is 17.9 Å². The number of aliphatic hydroxyl groups is 1. The lowest BCUT2D eigenvalue weighted by Gasteiger charge is -2.46. The Labute approximate surface area is 256 Å². The third-order valence-electron chi connectivity index (χ3n) is 8.02. The lowest BCUT2D eigenvalue weighted by atomic mass is 9.79. The van der Waals surface area contributed by atoms with Crippen LogP contribution in [0.15, 0.2) is 53.1 Å². The molecular weight excluding hydrogens is 605 g/mol. The number of aromatic carboxylic acids is 1. The number of halogens is 2. The number of aliphatic hydroxyl groups excluding tert-OH is 1. The number of benzene rings is 2. The first-order valence-corrected chi connectivity index (χ1v) is 15.0. The Hall–Kier alpha value is -3.09. The highest BCUT2D eigenvalue weighted by Crippen LogP contribution is 2.52. The predicted molar refractivity (Wildman–Crippen MR) is 158 cm³/mol. The molecule has 2 fully saturated rings. The number of nitrogens with zero attached hydrogens (tertiary/aromatic N) is 2. The van der Waals surface area contributed by atoms with Crippen molar-refractivity contribution in [2.75, 3.05) is 11.9 Å². The van der Waals surface area contributed by atoms with Gasteiger partial charge in [-0.1, -0.05) is 42.3 Å². The van der Waals surface area contributed by atoms with Crippen molar-refractivity contribution in [1.82, 2.24) is 9.80 Å². The van der Waals surface area contributed by atoms with Crippen LogP contribution < -0.4 is 5.32 Å². The molecule has 0 radical (unpaired) electrons. The predicted octanol–water partition coefficient (Wildman–Crippen LogP) is 4.16. The number of hydrogen-bond acceptors (Lipinski definition) is 7. The zero-order chi connectivity index (χ0) is 30.5. The molecule has 0 aliphatic carbocycles. The minimum Gasteiger partial charge on any atom is -0.478 e. The van der Waals surface area contributed by atoms with Gasteiger partial charge in [0.05, 0.1) is 39.7 Å². The summed E-state index contributed by atoms with van der Waals surface area (Å²) in [6.07, 6.45) is -0.528. The second kappa shape index (κ2) is 11.9. The molecule has 2 saturated heterocycles. The molecule has 0 aromatic heterocycles. The van der Waals surface area contributed by atoms with Crippen LogP contribution >= 0.6 is 35.0 Å². The molecule has 0 unspecified atom stereocenters. The van der Waals surface area contributed by atoms with E-state index in [1.54, 1.807) is 24.3 Å². The third-order valence-corrected chi connectivity index (χ3v) is 10.3. The number of carboxylic acids is 2. The quantitative estimate of drug-likeness (QED) is 0.299. The first kappa shape index (κ1) is 30.4. The molecule has 0 spiro atoms. The van der Waals surface area contributed by atoms with Crippen LogP contribution in [-0.4, -0.2) is 78.9 Å². The number of carbonyl (C=O) groups is 4. The number of hydrogen-bond donors (Lipinski definition) is 4. The lowest BCUT2D eigenvalue weighted by Crippen LogP contribution is -2.63. The van der Waals surface area contributed by atoms with Crippen LogP contribution in [-0.2, 0) is 20.9 Å². The zero-order valence-electron chi connectivity index (χ0n) is 22.7. The van der Waals surface area contributed by atoms with Crippen molar-refractivity contribution in [2.24, 2.45) is 11.8 Å². The highest BCUT2D eigenvalue weighted by Gasteiger charge is 2.60. The van der Waals surface area contributed by atoms with E-state index in [0.29, 0.717) is 40.1 Å². The van der Waals surface area contributed by atoms with Crippen molar-refractivity contribution in [1.29, 1.82) is 0 Å². The van der Waals surface area contributed by atoms with Crippen LogP contribution in [0.3, 0.4) is 0 Å². The van der Waals surface area contributed by atoms with E-state index in [4.69, 9.17) is 23.2 Å². The number of carbonyl (C=O) groups excluding carboxylic acids is 2. The van der Waals surface area contributed by atoms with Gasteiger partial charge in [0, 0.05) is 34.8 Å². The Bertz CT molecular complexity index is 1500. The number of nitrogens with one attached hydrogen (secondary N) is 1. The molecule has 2 amide bonds. The van der Waals surface area contributed by atoms with Gasteiger partial charge in [0.25, 0.3) is 0 Å². The van der Waals surface area contributed by atoms with Crippen LogP contribution in [0.1, 0.15) is 36.2 Å². The van der Waals surface area contributed by atoms with Crippen molar-refractivity contribution in [3.05, 3.63) is 74.2 Å². The Morgan fingerprint density at radius 1 is 1.10 bits per heavy atom. The van der Waals surface area contributed by atoms with E-state index in [9.17, 15) is 34.5 Å². The van der Waals surface area contributed by atoms with Gasteiger partial charge in [-0.15, -0.1) is 11.8 Å². The summed E-state index contributed by atoms with van der Waals surface area (Å²) in [6.45, 7) is 4.18. The van der Waals surface area contributed by atoms with Crippen LogP contribution in [0.2, 0.25) is 10.0 Å². The Kier molecular flexibility index (Phi) is 8.60. The van der Waals surface area contributed by atoms with Gasteiger partial charge in [-0.05, 0) is 49.2 Å². The first-order chi connectivity index (χ1) is 19.9. The molecule has 6 atom stereocenters. The third kappa shape index (κ3) is 5.63. The normalized spacial score (nSPS) is 26.2.